The molecule has 0 saturated carbocycles. The molecule has 0 spiro atoms. The van der Waals surface area contributed by atoms with Crippen molar-refractivity contribution < 1.29 is 13.2 Å². The van der Waals surface area contributed by atoms with Crippen LogP contribution in [0, 0.1) is 17.5 Å². The monoisotopic (exact) mass is 313 g/mol. The first kappa shape index (κ1) is 15.9. The van der Waals surface area contributed by atoms with Gasteiger partial charge in [-0.1, -0.05) is 36.7 Å². The molecule has 0 amide bonds. The number of hydrogen-bond acceptors (Lipinski definition) is 1. The molecule has 0 radical (unpaired) electrons. The van der Waals surface area contributed by atoms with E-state index in [0.29, 0.717) is 12.1 Å². The number of hydrogen-bond donors (Lipinski definition) is 1. The topological polar surface area (TPSA) is 12.0 Å². The van der Waals surface area contributed by atoms with Gasteiger partial charge in [-0.25, -0.2) is 13.2 Å². The first-order chi connectivity index (χ1) is 10.0. The smallest absolute Gasteiger partial charge is 0.146 e. The fourth-order valence-electron chi connectivity index (χ4n) is 2.26. The average Bonchev–Trinajstić information content (AvgIpc) is 2.45. The van der Waals surface area contributed by atoms with Crippen LogP contribution in [0.5, 0.6) is 0 Å². The van der Waals surface area contributed by atoms with Crippen LogP contribution in [0.25, 0.3) is 0 Å². The minimum absolute atomic E-state index is 0.00358. The van der Waals surface area contributed by atoms with E-state index >= 15 is 0 Å². The second-order valence-electron chi connectivity index (χ2n) is 4.66. The van der Waals surface area contributed by atoms with Gasteiger partial charge in [-0.3, -0.25) is 0 Å². The summed E-state index contributed by atoms with van der Waals surface area (Å²) in [6.45, 7) is 2.37. The van der Waals surface area contributed by atoms with E-state index in [4.69, 9.17) is 11.6 Å². The number of halogens is 4. The molecule has 1 atom stereocenters. The van der Waals surface area contributed by atoms with Crippen LogP contribution in [0.2, 0.25) is 5.02 Å². The maximum atomic E-state index is 14.1. The maximum absolute atomic E-state index is 14.1. The van der Waals surface area contributed by atoms with Crippen LogP contribution < -0.4 is 5.32 Å². The van der Waals surface area contributed by atoms with Gasteiger partial charge in [-0.05, 0) is 31.2 Å². The molecule has 0 fully saturated rings. The van der Waals surface area contributed by atoms with Crippen LogP contribution in [0.1, 0.15) is 24.1 Å². The second kappa shape index (κ2) is 6.96. The van der Waals surface area contributed by atoms with Crippen molar-refractivity contribution in [3.63, 3.8) is 0 Å². The molecule has 112 valence electrons. The maximum Gasteiger partial charge on any atom is 0.146 e. The third-order valence-electron chi connectivity index (χ3n) is 3.28. The Bertz CT molecular complexity index is 611. The van der Waals surface area contributed by atoms with E-state index in [1.54, 1.807) is 12.1 Å². The van der Waals surface area contributed by atoms with Crippen LogP contribution in [-0.2, 0) is 6.42 Å². The van der Waals surface area contributed by atoms with Gasteiger partial charge in [0.05, 0.1) is 5.02 Å². The van der Waals surface area contributed by atoms with E-state index in [0.717, 1.165) is 0 Å². The summed E-state index contributed by atoms with van der Waals surface area (Å²) < 4.78 is 41.6. The lowest BCUT2D eigenvalue weighted by Crippen LogP contribution is -2.25. The van der Waals surface area contributed by atoms with Gasteiger partial charge in [0.1, 0.15) is 17.5 Å². The molecule has 2 rings (SSSR count). The van der Waals surface area contributed by atoms with E-state index in [1.807, 2.05) is 6.92 Å². The molecule has 21 heavy (non-hydrogen) atoms. The molecule has 1 nitrogen and oxygen atoms in total. The Morgan fingerprint density at radius 3 is 2.29 bits per heavy atom. The molecule has 0 aromatic heterocycles. The summed E-state index contributed by atoms with van der Waals surface area (Å²) in [7, 11) is 0. The van der Waals surface area contributed by atoms with Gasteiger partial charge >= 0.3 is 0 Å². The minimum Gasteiger partial charge on any atom is -0.310 e. The zero-order chi connectivity index (χ0) is 15.4. The molecule has 5 heteroatoms. The summed E-state index contributed by atoms with van der Waals surface area (Å²) in [6.07, 6.45) is 0.00358. The Morgan fingerprint density at radius 1 is 1.05 bits per heavy atom. The number of rotatable bonds is 5. The van der Waals surface area contributed by atoms with E-state index in [9.17, 15) is 13.2 Å². The lowest BCUT2D eigenvalue weighted by atomic mass is 9.97. The first-order valence-electron chi connectivity index (χ1n) is 6.64. The second-order valence-corrected chi connectivity index (χ2v) is 5.06. The molecule has 0 saturated heterocycles. The zero-order valence-corrected chi connectivity index (χ0v) is 12.2. The Labute approximate surface area is 126 Å². The van der Waals surface area contributed by atoms with E-state index in [2.05, 4.69) is 5.32 Å². The molecule has 0 aliphatic carbocycles. The van der Waals surface area contributed by atoms with Crippen molar-refractivity contribution in [2.45, 2.75) is 19.4 Å². The average molecular weight is 314 g/mol. The zero-order valence-electron chi connectivity index (χ0n) is 11.5. The van der Waals surface area contributed by atoms with Crippen LogP contribution >= 0.6 is 11.6 Å². The molecule has 2 aromatic carbocycles. The number of benzene rings is 2. The summed E-state index contributed by atoms with van der Waals surface area (Å²) in [5, 5.41) is 3.03. The molecule has 2 aromatic rings. The minimum atomic E-state index is -0.639. The highest BCUT2D eigenvalue weighted by atomic mass is 35.5. The van der Waals surface area contributed by atoms with Gasteiger partial charge in [0.15, 0.2) is 0 Å². The fourth-order valence-corrected chi connectivity index (χ4v) is 2.44. The molecule has 0 aliphatic heterocycles. The highest BCUT2D eigenvalue weighted by Gasteiger charge is 2.20. The molecular formula is C16H15ClF3N. The van der Waals surface area contributed by atoms with Crippen LogP contribution in [0.15, 0.2) is 36.4 Å². The van der Waals surface area contributed by atoms with Crippen LogP contribution in [-0.4, -0.2) is 6.54 Å². The van der Waals surface area contributed by atoms with Gasteiger partial charge in [0, 0.05) is 17.2 Å². The van der Waals surface area contributed by atoms with Gasteiger partial charge in [0.25, 0.3) is 0 Å². The predicted molar refractivity (Wildman–Crippen MR) is 77.9 cm³/mol. The standard InChI is InChI=1S/C16H15ClF3N/c1-2-21-15(10-5-3-6-12(17)16(10)20)9-11-13(18)7-4-8-14(11)19/h3-8,15,21H,2,9H2,1H3. The Balaban J connectivity index is 2.38. The van der Waals surface area contributed by atoms with Crippen molar-refractivity contribution in [3.8, 4) is 0 Å². The third-order valence-corrected chi connectivity index (χ3v) is 3.57. The van der Waals surface area contributed by atoms with Crippen molar-refractivity contribution in [1.29, 1.82) is 0 Å². The van der Waals surface area contributed by atoms with Gasteiger partial charge < -0.3 is 5.32 Å². The first-order valence-corrected chi connectivity index (χ1v) is 7.02. The summed E-state index contributed by atoms with van der Waals surface area (Å²) in [5.41, 5.74) is 0.231. The summed E-state index contributed by atoms with van der Waals surface area (Å²) >= 11 is 5.77. The SMILES string of the molecule is CCNC(Cc1c(F)cccc1F)c1cccc(Cl)c1F. The number of nitrogens with one attached hydrogen (secondary N) is 1. The van der Waals surface area contributed by atoms with Gasteiger partial charge in [-0.2, -0.15) is 0 Å². The molecular weight excluding hydrogens is 299 g/mol. The molecule has 1 unspecified atom stereocenters. The number of likely N-dealkylation sites (N-methyl/N-ethyl adjacent to an activating group) is 1. The summed E-state index contributed by atoms with van der Waals surface area (Å²) in [6, 6.07) is 7.74. The molecule has 0 aliphatic rings. The van der Waals surface area contributed by atoms with Gasteiger partial charge in [-0.15, -0.1) is 0 Å². The van der Waals surface area contributed by atoms with Crippen LogP contribution in [0.4, 0.5) is 13.2 Å². The highest BCUT2D eigenvalue weighted by molar-refractivity contribution is 6.30. The quantitative estimate of drug-likeness (QED) is 0.847. The van der Waals surface area contributed by atoms with E-state index in [1.165, 1.54) is 24.3 Å². The van der Waals surface area contributed by atoms with Crippen molar-refractivity contribution >= 4 is 11.6 Å². The van der Waals surface area contributed by atoms with Gasteiger partial charge in [0.2, 0.25) is 0 Å². The molecule has 0 bridgehead atoms. The fraction of sp³-hybridized carbons (Fsp3) is 0.250. The molecule has 1 N–H and O–H groups in total. The van der Waals surface area contributed by atoms with E-state index < -0.39 is 23.5 Å². The van der Waals surface area contributed by atoms with E-state index in [-0.39, 0.29) is 17.0 Å². The van der Waals surface area contributed by atoms with Crippen molar-refractivity contribution in [1.82, 2.24) is 5.32 Å². The Morgan fingerprint density at radius 2 is 1.67 bits per heavy atom. The largest absolute Gasteiger partial charge is 0.310 e. The highest BCUT2D eigenvalue weighted by Crippen LogP contribution is 2.27. The Hall–Kier alpha value is -1.52. The van der Waals surface area contributed by atoms with Crippen molar-refractivity contribution in [3.05, 3.63) is 70.0 Å². The summed E-state index contributed by atoms with van der Waals surface area (Å²) in [5.74, 6) is -1.84. The lowest BCUT2D eigenvalue weighted by Gasteiger charge is -2.20. The lowest BCUT2D eigenvalue weighted by molar-refractivity contribution is 0.480. The molecule has 0 heterocycles. The summed E-state index contributed by atoms with van der Waals surface area (Å²) in [4.78, 5) is 0. The third kappa shape index (κ3) is 3.57. The predicted octanol–water partition coefficient (Wildman–Crippen LogP) is 4.65. The Kier molecular flexibility index (Phi) is 5.26. The van der Waals surface area contributed by atoms with Crippen molar-refractivity contribution in [2.75, 3.05) is 6.54 Å². The van der Waals surface area contributed by atoms with Crippen molar-refractivity contribution in [2.24, 2.45) is 0 Å². The van der Waals surface area contributed by atoms with Crippen LogP contribution in [0.3, 0.4) is 0 Å². The normalized spacial score (nSPS) is 12.4.